The van der Waals surface area contributed by atoms with Crippen LogP contribution in [0.5, 0.6) is 5.75 Å². The van der Waals surface area contributed by atoms with Crippen LogP contribution in [-0.2, 0) is 23.5 Å². The van der Waals surface area contributed by atoms with E-state index in [-0.39, 0.29) is 10.9 Å². The van der Waals surface area contributed by atoms with Crippen molar-refractivity contribution in [1.29, 1.82) is 0 Å². The smallest absolute Gasteiger partial charge is 0.262 e. The summed E-state index contributed by atoms with van der Waals surface area (Å²) in [5.74, 6) is 0.907. The highest BCUT2D eigenvalue weighted by atomic mass is 32.2. The second kappa shape index (κ2) is 8.57. The lowest BCUT2D eigenvalue weighted by molar-refractivity contribution is 0.311. The molecule has 0 bridgehead atoms. The van der Waals surface area contributed by atoms with Crippen molar-refractivity contribution in [2.24, 2.45) is 7.05 Å². The normalized spacial score (nSPS) is 17.7. The Balaban J connectivity index is 1.53. The Labute approximate surface area is 177 Å². The van der Waals surface area contributed by atoms with E-state index in [9.17, 15) is 8.42 Å². The van der Waals surface area contributed by atoms with Gasteiger partial charge in [-0.1, -0.05) is 24.3 Å². The van der Waals surface area contributed by atoms with Crippen molar-refractivity contribution in [3.63, 3.8) is 0 Å². The average Bonchev–Trinajstić information content (AvgIpc) is 3.22. The summed E-state index contributed by atoms with van der Waals surface area (Å²) in [7, 11) is -0.159. The van der Waals surface area contributed by atoms with E-state index in [1.165, 1.54) is 10.6 Å². The average molecular weight is 427 g/mol. The van der Waals surface area contributed by atoms with Crippen LogP contribution in [0, 0.1) is 0 Å². The van der Waals surface area contributed by atoms with Crippen molar-refractivity contribution in [3.05, 3.63) is 71.9 Å². The molecule has 7 nitrogen and oxygen atoms in total. The van der Waals surface area contributed by atoms with Gasteiger partial charge in [-0.25, -0.2) is 13.4 Å². The number of ether oxygens (including phenoxy) is 1. The van der Waals surface area contributed by atoms with Gasteiger partial charge >= 0.3 is 0 Å². The Kier molecular flexibility index (Phi) is 5.87. The quantitative estimate of drug-likeness (QED) is 0.606. The molecule has 8 heteroatoms. The van der Waals surface area contributed by atoms with Crippen LogP contribution in [0.15, 0.2) is 60.0 Å². The fraction of sp³-hybridized carbons (Fsp3) is 0.364. The number of nitrogens with zero attached hydrogens (tertiary/aromatic N) is 4. The number of rotatable bonds is 6. The summed E-state index contributed by atoms with van der Waals surface area (Å²) < 4.78 is 34.6. The highest BCUT2D eigenvalue weighted by molar-refractivity contribution is 7.89. The van der Waals surface area contributed by atoms with E-state index in [0.717, 1.165) is 35.5 Å². The molecule has 0 radical (unpaired) electrons. The SMILES string of the molecule is COc1ccccc1Cc1cccc([C@H]2CCCN(S(=O)(=O)c3cn(C)cn3)C2)n1. The Morgan fingerprint density at radius 1 is 1.17 bits per heavy atom. The van der Waals surface area contributed by atoms with Gasteiger partial charge in [0.1, 0.15) is 5.75 Å². The summed E-state index contributed by atoms with van der Waals surface area (Å²) in [6, 6.07) is 13.9. The zero-order chi connectivity index (χ0) is 21.1. The number of hydrogen-bond donors (Lipinski definition) is 0. The maximum Gasteiger partial charge on any atom is 0.262 e. The summed E-state index contributed by atoms with van der Waals surface area (Å²) in [6.45, 7) is 0.931. The molecule has 2 aromatic heterocycles. The zero-order valence-corrected chi connectivity index (χ0v) is 18.0. The maximum absolute atomic E-state index is 13.0. The highest BCUT2D eigenvalue weighted by Gasteiger charge is 2.32. The van der Waals surface area contributed by atoms with Crippen molar-refractivity contribution in [1.82, 2.24) is 18.8 Å². The zero-order valence-electron chi connectivity index (χ0n) is 17.2. The first-order chi connectivity index (χ1) is 14.5. The van der Waals surface area contributed by atoms with E-state index in [1.54, 1.807) is 24.9 Å². The van der Waals surface area contributed by atoms with Crippen LogP contribution in [0.1, 0.15) is 35.7 Å². The highest BCUT2D eigenvalue weighted by Crippen LogP contribution is 2.29. The Morgan fingerprint density at radius 2 is 2.00 bits per heavy atom. The predicted molar refractivity (Wildman–Crippen MR) is 114 cm³/mol. The van der Waals surface area contributed by atoms with Gasteiger partial charge < -0.3 is 9.30 Å². The van der Waals surface area contributed by atoms with Crippen LogP contribution in [0.3, 0.4) is 0 Å². The van der Waals surface area contributed by atoms with E-state index in [4.69, 9.17) is 9.72 Å². The third-order valence-corrected chi connectivity index (χ3v) is 7.23. The lowest BCUT2D eigenvalue weighted by Crippen LogP contribution is -2.39. The largest absolute Gasteiger partial charge is 0.496 e. The summed E-state index contributed by atoms with van der Waals surface area (Å²) in [5.41, 5.74) is 2.96. The molecule has 0 spiro atoms. The van der Waals surface area contributed by atoms with E-state index in [1.807, 2.05) is 42.5 Å². The molecule has 0 amide bonds. The lowest BCUT2D eigenvalue weighted by Gasteiger charge is -2.31. The Morgan fingerprint density at radius 3 is 2.77 bits per heavy atom. The van der Waals surface area contributed by atoms with Crippen LogP contribution in [0.2, 0.25) is 0 Å². The number of aromatic nitrogens is 3. The first kappa shape index (κ1) is 20.6. The first-order valence-electron chi connectivity index (χ1n) is 10.0. The number of methoxy groups -OCH3 is 1. The minimum absolute atomic E-state index is 0.0647. The summed E-state index contributed by atoms with van der Waals surface area (Å²) in [4.78, 5) is 8.91. The van der Waals surface area contributed by atoms with Gasteiger partial charge in [0.2, 0.25) is 0 Å². The third-order valence-electron chi connectivity index (χ3n) is 5.48. The van der Waals surface area contributed by atoms with Crippen molar-refractivity contribution >= 4 is 10.0 Å². The second-order valence-corrected chi connectivity index (χ2v) is 9.51. The summed E-state index contributed by atoms with van der Waals surface area (Å²) in [5, 5.41) is 0.100. The van der Waals surface area contributed by atoms with Crippen LogP contribution in [0.4, 0.5) is 0 Å². The molecule has 3 heterocycles. The second-order valence-electron chi connectivity index (χ2n) is 7.62. The number of pyridine rings is 1. The van der Waals surface area contributed by atoms with Gasteiger partial charge in [0.15, 0.2) is 5.03 Å². The summed E-state index contributed by atoms with van der Waals surface area (Å²) in [6.07, 6.45) is 5.44. The molecule has 3 aromatic rings. The number of aryl methyl sites for hydroxylation is 1. The van der Waals surface area contributed by atoms with Gasteiger partial charge in [0.25, 0.3) is 10.0 Å². The van der Waals surface area contributed by atoms with Gasteiger partial charge in [-0.15, -0.1) is 0 Å². The van der Waals surface area contributed by atoms with Crippen molar-refractivity contribution in [2.75, 3.05) is 20.2 Å². The number of para-hydroxylation sites is 1. The predicted octanol–water partition coefficient (Wildman–Crippen LogP) is 2.98. The van der Waals surface area contributed by atoms with Crippen LogP contribution < -0.4 is 4.74 Å². The molecule has 0 saturated carbocycles. The minimum atomic E-state index is -3.59. The molecule has 30 heavy (non-hydrogen) atoms. The van der Waals surface area contributed by atoms with Gasteiger partial charge in [0, 0.05) is 55.6 Å². The van der Waals surface area contributed by atoms with E-state index in [0.29, 0.717) is 19.5 Å². The van der Waals surface area contributed by atoms with Crippen LogP contribution in [0.25, 0.3) is 0 Å². The molecule has 1 aromatic carbocycles. The number of hydrogen-bond acceptors (Lipinski definition) is 5. The van der Waals surface area contributed by atoms with Gasteiger partial charge in [0.05, 0.1) is 13.4 Å². The van der Waals surface area contributed by atoms with E-state index >= 15 is 0 Å². The monoisotopic (exact) mass is 426 g/mol. The summed E-state index contributed by atoms with van der Waals surface area (Å²) >= 11 is 0. The molecule has 0 aliphatic carbocycles. The molecule has 1 aliphatic rings. The number of piperidine rings is 1. The maximum atomic E-state index is 13.0. The number of sulfonamides is 1. The molecular weight excluding hydrogens is 400 g/mol. The molecule has 1 fully saturated rings. The molecule has 4 rings (SSSR count). The number of imidazole rings is 1. The molecule has 1 atom stereocenters. The van der Waals surface area contributed by atoms with E-state index < -0.39 is 10.0 Å². The van der Waals surface area contributed by atoms with Crippen molar-refractivity contribution in [3.8, 4) is 5.75 Å². The first-order valence-corrected chi connectivity index (χ1v) is 11.5. The minimum Gasteiger partial charge on any atom is -0.496 e. The van der Waals surface area contributed by atoms with Gasteiger partial charge in [-0.2, -0.15) is 4.31 Å². The third kappa shape index (κ3) is 4.24. The van der Waals surface area contributed by atoms with Crippen molar-refractivity contribution in [2.45, 2.75) is 30.2 Å². The molecule has 0 N–H and O–H groups in total. The fourth-order valence-corrected chi connectivity index (χ4v) is 5.41. The molecule has 158 valence electrons. The standard InChI is InChI=1S/C22H26N4O3S/c1-25-15-22(23-16-25)30(27,28)26-12-6-8-18(14-26)20-10-5-9-19(24-20)13-17-7-3-4-11-21(17)29-2/h3-5,7,9-11,15-16,18H,6,8,12-14H2,1-2H3/t18-/m0/s1. The lowest BCUT2D eigenvalue weighted by atomic mass is 9.95. The fourth-order valence-electron chi connectivity index (χ4n) is 3.92. The molecular formula is C22H26N4O3S. The Bertz CT molecular complexity index is 1130. The molecule has 0 unspecified atom stereocenters. The molecule has 1 aliphatic heterocycles. The van der Waals surface area contributed by atoms with Gasteiger partial charge in [-0.3, -0.25) is 4.98 Å². The topological polar surface area (TPSA) is 77.3 Å². The number of benzene rings is 1. The van der Waals surface area contributed by atoms with Crippen LogP contribution >= 0.6 is 0 Å². The Hall–Kier alpha value is -2.71. The van der Waals surface area contributed by atoms with Crippen LogP contribution in [-0.4, -0.2) is 47.5 Å². The molecule has 1 saturated heterocycles. The van der Waals surface area contributed by atoms with Gasteiger partial charge in [-0.05, 0) is 31.0 Å². The van der Waals surface area contributed by atoms with Crippen molar-refractivity contribution < 1.29 is 13.2 Å². The van der Waals surface area contributed by atoms with E-state index in [2.05, 4.69) is 4.98 Å².